The third-order valence-corrected chi connectivity index (χ3v) is 5.56. The molecule has 0 saturated heterocycles. The maximum Gasteiger partial charge on any atom is 0.334 e. The van der Waals surface area contributed by atoms with Gasteiger partial charge in [0.1, 0.15) is 18.1 Å². The van der Waals surface area contributed by atoms with E-state index in [1.807, 2.05) is 25.1 Å². The molecule has 4 atom stereocenters. The first-order valence-corrected chi connectivity index (χ1v) is 10.4. The summed E-state index contributed by atoms with van der Waals surface area (Å²) in [5.41, 5.74) is 0. The Kier molecular flexibility index (Phi) is 7.13. The highest BCUT2D eigenvalue weighted by atomic mass is 79.9. The fraction of sp³-hybridized carbons (Fsp3) is 0.524. The number of ether oxygens (including phenoxy) is 4. The number of hydrogen-bond acceptors (Lipinski definition) is 6. The van der Waals surface area contributed by atoms with Crippen molar-refractivity contribution in [2.75, 3.05) is 6.61 Å². The van der Waals surface area contributed by atoms with E-state index < -0.39 is 6.10 Å². The fourth-order valence-electron chi connectivity index (χ4n) is 3.44. The third kappa shape index (κ3) is 4.94. The van der Waals surface area contributed by atoms with E-state index in [1.165, 1.54) is 6.26 Å². The molecule has 0 amide bonds. The Morgan fingerprint density at radius 3 is 2.86 bits per heavy atom. The Balaban J connectivity index is 1.57. The van der Waals surface area contributed by atoms with Crippen molar-refractivity contribution in [3.8, 4) is 5.75 Å². The Morgan fingerprint density at radius 2 is 2.11 bits per heavy atom. The predicted octanol–water partition coefficient (Wildman–Crippen LogP) is 4.16. The number of allylic oxidation sites excluding steroid dienone is 1. The number of fused-ring (bicyclic) bond motifs is 1. The Bertz CT molecular complexity index is 746. The van der Waals surface area contributed by atoms with E-state index in [4.69, 9.17) is 18.9 Å². The molecule has 1 aliphatic heterocycles. The molecule has 1 aliphatic carbocycles. The zero-order valence-electron chi connectivity index (χ0n) is 16.1. The van der Waals surface area contributed by atoms with E-state index in [-0.39, 0.29) is 35.6 Å². The topological polar surface area (TPSA) is 71.1 Å². The first-order valence-electron chi connectivity index (χ1n) is 9.64. The SMILES string of the molecule is CCCOC(=O)C(C)OC1CCC2C(=O)C(Oc3ccccc3Br)=COC2C1. The van der Waals surface area contributed by atoms with Gasteiger partial charge in [0.25, 0.3) is 0 Å². The van der Waals surface area contributed by atoms with Gasteiger partial charge in [0.05, 0.1) is 23.1 Å². The second kappa shape index (κ2) is 9.56. The van der Waals surface area contributed by atoms with Gasteiger partial charge in [-0.2, -0.15) is 0 Å². The van der Waals surface area contributed by atoms with Crippen molar-refractivity contribution >= 4 is 27.7 Å². The van der Waals surface area contributed by atoms with Crippen LogP contribution < -0.4 is 4.74 Å². The van der Waals surface area contributed by atoms with Crippen LogP contribution in [0.3, 0.4) is 0 Å². The summed E-state index contributed by atoms with van der Waals surface area (Å²) in [6.45, 7) is 4.03. The Labute approximate surface area is 173 Å². The summed E-state index contributed by atoms with van der Waals surface area (Å²) in [5.74, 6) is 0.115. The lowest BCUT2D eigenvalue weighted by Gasteiger charge is -2.37. The maximum absolute atomic E-state index is 12.8. The van der Waals surface area contributed by atoms with E-state index >= 15 is 0 Å². The molecular weight excluding hydrogens is 428 g/mol. The quantitative estimate of drug-likeness (QED) is 0.578. The van der Waals surface area contributed by atoms with Crippen LogP contribution in [0.15, 0.2) is 40.8 Å². The van der Waals surface area contributed by atoms with Gasteiger partial charge in [-0.3, -0.25) is 4.79 Å². The van der Waals surface area contributed by atoms with Gasteiger partial charge in [0.2, 0.25) is 11.5 Å². The number of ketones is 1. The molecule has 4 unspecified atom stereocenters. The molecular formula is C21H25BrO6. The number of carbonyl (C=O) groups excluding carboxylic acids is 2. The van der Waals surface area contributed by atoms with Gasteiger partial charge >= 0.3 is 5.97 Å². The molecule has 6 nitrogen and oxygen atoms in total. The summed E-state index contributed by atoms with van der Waals surface area (Å²) >= 11 is 3.41. The third-order valence-electron chi connectivity index (χ3n) is 4.91. The molecule has 3 rings (SSSR count). The van der Waals surface area contributed by atoms with Gasteiger partial charge in [-0.05, 0) is 54.2 Å². The van der Waals surface area contributed by atoms with E-state index in [1.54, 1.807) is 13.0 Å². The Hall–Kier alpha value is -1.86. The van der Waals surface area contributed by atoms with Crippen molar-refractivity contribution in [3.63, 3.8) is 0 Å². The van der Waals surface area contributed by atoms with Crippen LogP contribution in [0.25, 0.3) is 0 Å². The number of esters is 1. The number of Topliss-reactive ketones (excluding diaryl/α,β-unsaturated/α-hetero) is 1. The average molecular weight is 453 g/mol. The van der Waals surface area contributed by atoms with Crippen LogP contribution in [0.4, 0.5) is 0 Å². The number of hydrogen-bond donors (Lipinski definition) is 0. The Morgan fingerprint density at radius 1 is 1.32 bits per heavy atom. The number of rotatable bonds is 7. The molecule has 1 fully saturated rings. The van der Waals surface area contributed by atoms with E-state index in [9.17, 15) is 9.59 Å². The van der Waals surface area contributed by atoms with Gasteiger partial charge in [-0.1, -0.05) is 19.1 Å². The van der Waals surface area contributed by atoms with Gasteiger partial charge in [0, 0.05) is 6.42 Å². The highest BCUT2D eigenvalue weighted by Crippen LogP contribution is 2.36. The van der Waals surface area contributed by atoms with Crippen molar-refractivity contribution in [1.82, 2.24) is 0 Å². The molecule has 1 saturated carbocycles. The van der Waals surface area contributed by atoms with Crippen LogP contribution >= 0.6 is 15.9 Å². The van der Waals surface area contributed by atoms with Crippen molar-refractivity contribution in [2.45, 2.75) is 57.8 Å². The van der Waals surface area contributed by atoms with Crippen molar-refractivity contribution in [2.24, 2.45) is 5.92 Å². The lowest BCUT2D eigenvalue weighted by molar-refractivity contribution is -0.164. The van der Waals surface area contributed by atoms with Crippen LogP contribution in [0.1, 0.15) is 39.5 Å². The van der Waals surface area contributed by atoms with Crippen molar-refractivity contribution in [1.29, 1.82) is 0 Å². The molecule has 7 heteroatoms. The lowest BCUT2D eigenvalue weighted by Crippen LogP contribution is -2.43. The monoisotopic (exact) mass is 452 g/mol. The van der Waals surface area contributed by atoms with Crippen LogP contribution in [-0.4, -0.2) is 36.7 Å². The first-order chi connectivity index (χ1) is 13.5. The first kappa shape index (κ1) is 20.9. The van der Waals surface area contributed by atoms with Crippen molar-refractivity contribution in [3.05, 3.63) is 40.8 Å². The van der Waals surface area contributed by atoms with Gasteiger partial charge < -0.3 is 18.9 Å². The second-order valence-corrected chi connectivity index (χ2v) is 7.90. The minimum Gasteiger partial charge on any atom is -0.493 e. The number of para-hydroxylation sites is 1. The molecule has 1 heterocycles. The summed E-state index contributed by atoms with van der Waals surface area (Å²) in [5, 5.41) is 0. The van der Waals surface area contributed by atoms with Crippen LogP contribution in [0, 0.1) is 5.92 Å². The highest BCUT2D eigenvalue weighted by Gasteiger charge is 2.42. The number of carbonyl (C=O) groups is 2. The molecule has 2 aliphatic rings. The molecule has 0 radical (unpaired) electrons. The number of benzene rings is 1. The number of halogens is 1. The molecule has 0 aromatic heterocycles. The average Bonchev–Trinajstić information content (AvgIpc) is 2.69. The zero-order chi connectivity index (χ0) is 20.1. The normalized spacial score (nSPS) is 25.2. The van der Waals surface area contributed by atoms with E-state index in [2.05, 4.69) is 15.9 Å². The van der Waals surface area contributed by atoms with Crippen LogP contribution in [-0.2, 0) is 23.8 Å². The minimum absolute atomic E-state index is 0.0548. The van der Waals surface area contributed by atoms with Crippen LogP contribution in [0.5, 0.6) is 5.75 Å². The molecule has 1 aromatic rings. The standard InChI is InChI=1S/C21H25BrO6/c1-3-10-25-21(24)13(2)27-14-8-9-15-18(11-14)26-12-19(20(15)23)28-17-7-5-4-6-16(17)22/h4-7,12-15,18H,3,8-11H2,1-2H3. The summed E-state index contributed by atoms with van der Waals surface area (Å²) in [7, 11) is 0. The smallest absolute Gasteiger partial charge is 0.334 e. The molecule has 0 spiro atoms. The lowest BCUT2D eigenvalue weighted by atomic mass is 9.80. The minimum atomic E-state index is -0.628. The molecule has 0 N–H and O–H groups in total. The van der Waals surface area contributed by atoms with Crippen molar-refractivity contribution < 1.29 is 28.5 Å². The largest absolute Gasteiger partial charge is 0.493 e. The second-order valence-electron chi connectivity index (χ2n) is 7.04. The summed E-state index contributed by atoms with van der Waals surface area (Å²) in [6.07, 6.45) is 3.00. The van der Waals surface area contributed by atoms with Crippen LogP contribution in [0.2, 0.25) is 0 Å². The van der Waals surface area contributed by atoms with Gasteiger partial charge in [0.15, 0.2) is 6.10 Å². The summed E-state index contributed by atoms with van der Waals surface area (Å²) < 4.78 is 23.3. The fourth-order valence-corrected chi connectivity index (χ4v) is 3.81. The molecule has 0 bridgehead atoms. The van der Waals surface area contributed by atoms with Gasteiger partial charge in [-0.25, -0.2) is 4.79 Å². The highest BCUT2D eigenvalue weighted by molar-refractivity contribution is 9.10. The molecule has 28 heavy (non-hydrogen) atoms. The van der Waals surface area contributed by atoms with Gasteiger partial charge in [-0.15, -0.1) is 0 Å². The summed E-state index contributed by atoms with van der Waals surface area (Å²) in [6, 6.07) is 7.35. The summed E-state index contributed by atoms with van der Waals surface area (Å²) in [4.78, 5) is 24.7. The maximum atomic E-state index is 12.8. The predicted molar refractivity (Wildman–Crippen MR) is 106 cm³/mol. The molecule has 1 aromatic carbocycles. The van der Waals surface area contributed by atoms with E-state index in [0.717, 1.165) is 10.9 Å². The van der Waals surface area contributed by atoms with E-state index in [0.29, 0.717) is 31.6 Å². The molecule has 152 valence electrons. The zero-order valence-corrected chi connectivity index (χ0v) is 17.6.